The van der Waals surface area contributed by atoms with Crippen molar-refractivity contribution in [2.75, 3.05) is 0 Å². The number of Topliss-reactive ketones (excluding diaryl/α,β-unsaturated/α-hetero) is 1. The van der Waals surface area contributed by atoms with E-state index in [4.69, 9.17) is 0 Å². The summed E-state index contributed by atoms with van der Waals surface area (Å²) in [6, 6.07) is 0. The van der Waals surface area contributed by atoms with E-state index in [9.17, 15) is 4.79 Å². The number of ketones is 1. The quantitative estimate of drug-likeness (QED) is 0.528. The van der Waals surface area contributed by atoms with Crippen molar-refractivity contribution in [1.82, 2.24) is 0 Å². The van der Waals surface area contributed by atoms with Crippen molar-refractivity contribution in [2.24, 2.45) is 5.92 Å². The third-order valence-corrected chi connectivity index (χ3v) is 2.16. The first-order valence-corrected chi connectivity index (χ1v) is 4.35. The Morgan fingerprint density at radius 3 is 2.36 bits per heavy atom. The van der Waals surface area contributed by atoms with E-state index in [-0.39, 0.29) is 0 Å². The van der Waals surface area contributed by atoms with Crippen LogP contribution >= 0.6 is 0 Å². The third kappa shape index (κ3) is 2.87. The molecule has 0 aromatic carbocycles. The lowest BCUT2D eigenvalue weighted by molar-refractivity contribution is -0.120. The summed E-state index contributed by atoms with van der Waals surface area (Å²) in [7, 11) is 0. The number of rotatable bonds is 1. The lowest BCUT2D eigenvalue weighted by atomic mass is 9.87. The SMILES string of the molecule is CC(C)=CC1CCC(=O)CC1. The summed E-state index contributed by atoms with van der Waals surface area (Å²) in [5.41, 5.74) is 1.38. The molecule has 0 radical (unpaired) electrons. The Morgan fingerprint density at radius 2 is 1.91 bits per heavy atom. The topological polar surface area (TPSA) is 17.1 Å². The van der Waals surface area contributed by atoms with Gasteiger partial charge in [-0.25, -0.2) is 0 Å². The summed E-state index contributed by atoms with van der Waals surface area (Å²) < 4.78 is 0. The Morgan fingerprint density at radius 1 is 1.36 bits per heavy atom. The molecule has 0 atom stereocenters. The maximum Gasteiger partial charge on any atom is 0.132 e. The molecule has 1 aliphatic rings. The average Bonchev–Trinajstić information content (AvgIpc) is 1.93. The molecule has 1 rings (SSSR count). The molecule has 0 heterocycles. The maximum atomic E-state index is 10.9. The van der Waals surface area contributed by atoms with Gasteiger partial charge in [-0.05, 0) is 32.6 Å². The van der Waals surface area contributed by atoms with Crippen molar-refractivity contribution in [1.29, 1.82) is 0 Å². The maximum absolute atomic E-state index is 10.9. The van der Waals surface area contributed by atoms with Crippen LogP contribution in [0.15, 0.2) is 11.6 Å². The van der Waals surface area contributed by atoms with E-state index in [1.165, 1.54) is 5.57 Å². The second-order valence-corrected chi connectivity index (χ2v) is 3.62. The molecule has 11 heavy (non-hydrogen) atoms. The summed E-state index contributed by atoms with van der Waals surface area (Å²) in [5, 5.41) is 0. The summed E-state index contributed by atoms with van der Waals surface area (Å²) in [6.45, 7) is 4.24. The van der Waals surface area contributed by atoms with Gasteiger partial charge in [-0.2, -0.15) is 0 Å². The summed E-state index contributed by atoms with van der Waals surface area (Å²) in [5.74, 6) is 1.13. The monoisotopic (exact) mass is 152 g/mol. The van der Waals surface area contributed by atoms with Crippen LogP contribution in [0, 0.1) is 5.92 Å². The molecule has 1 aliphatic carbocycles. The van der Waals surface area contributed by atoms with Gasteiger partial charge in [0.1, 0.15) is 5.78 Å². The van der Waals surface area contributed by atoms with Gasteiger partial charge in [0.15, 0.2) is 0 Å². The average molecular weight is 152 g/mol. The smallest absolute Gasteiger partial charge is 0.132 e. The highest BCUT2D eigenvalue weighted by molar-refractivity contribution is 5.79. The first kappa shape index (κ1) is 8.51. The molecule has 1 saturated carbocycles. The normalized spacial score (nSPS) is 20.0. The summed E-state index contributed by atoms with van der Waals surface area (Å²) in [4.78, 5) is 10.9. The fourth-order valence-electron chi connectivity index (χ4n) is 1.60. The van der Waals surface area contributed by atoms with Crippen molar-refractivity contribution in [3.05, 3.63) is 11.6 Å². The largest absolute Gasteiger partial charge is 0.300 e. The lowest BCUT2D eigenvalue weighted by Gasteiger charge is -2.17. The molecule has 0 amide bonds. The van der Waals surface area contributed by atoms with Crippen LogP contribution in [0.5, 0.6) is 0 Å². The third-order valence-electron chi connectivity index (χ3n) is 2.16. The van der Waals surface area contributed by atoms with Crippen molar-refractivity contribution in [3.8, 4) is 0 Å². The van der Waals surface area contributed by atoms with E-state index in [0.29, 0.717) is 11.7 Å². The second-order valence-electron chi connectivity index (χ2n) is 3.62. The second kappa shape index (κ2) is 3.70. The van der Waals surface area contributed by atoms with E-state index in [1.54, 1.807) is 0 Å². The first-order chi connectivity index (χ1) is 5.18. The minimum Gasteiger partial charge on any atom is -0.300 e. The van der Waals surface area contributed by atoms with Crippen LogP contribution in [0.1, 0.15) is 39.5 Å². The van der Waals surface area contributed by atoms with Crippen LogP contribution in [-0.2, 0) is 4.79 Å². The molecular formula is C10H16O. The number of hydrogen-bond donors (Lipinski definition) is 0. The van der Waals surface area contributed by atoms with Crippen molar-refractivity contribution in [2.45, 2.75) is 39.5 Å². The molecule has 0 N–H and O–H groups in total. The van der Waals surface area contributed by atoms with E-state index in [2.05, 4.69) is 19.9 Å². The van der Waals surface area contributed by atoms with Crippen LogP contribution in [0.2, 0.25) is 0 Å². The predicted molar refractivity (Wildman–Crippen MR) is 46.4 cm³/mol. The fourth-order valence-corrected chi connectivity index (χ4v) is 1.60. The number of carbonyl (C=O) groups excluding carboxylic acids is 1. The molecule has 0 bridgehead atoms. The zero-order chi connectivity index (χ0) is 8.27. The fraction of sp³-hybridized carbons (Fsp3) is 0.700. The predicted octanol–water partition coefficient (Wildman–Crippen LogP) is 2.71. The molecular weight excluding hydrogens is 136 g/mol. The van der Waals surface area contributed by atoms with Crippen LogP contribution in [0.4, 0.5) is 0 Å². The number of carbonyl (C=O) groups is 1. The van der Waals surface area contributed by atoms with Gasteiger partial charge in [0.25, 0.3) is 0 Å². The first-order valence-electron chi connectivity index (χ1n) is 4.35. The molecule has 0 aromatic heterocycles. The van der Waals surface area contributed by atoms with Crippen molar-refractivity contribution >= 4 is 5.78 Å². The van der Waals surface area contributed by atoms with E-state index >= 15 is 0 Å². The van der Waals surface area contributed by atoms with Crippen LogP contribution in [0.25, 0.3) is 0 Å². The van der Waals surface area contributed by atoms with E-state index < -0.39 is 0 Å². The van der Waals surface area contributed by atoms with Gasteiger partial charge in [0, 0.05) is 12.8 Å². The van der Waals surface area contributed by atoms with Gasteiger partial charge in [0.2, 0.25) is 0 Å². The molecule has 0 unspecified atom stereocenters. The highest BCUT2D eigenvalue weighted by Gasteiger charge is 2.15. The number of allylic oxidation sites excluding steroid dienone is 2. The van der Waals surface area contributed by atoms with E-state index in [1.807, 2.05) is 0 Å². The minimum atomic E-state index is 0.448. The van der Waals surface area contributed by atoms with Gasteiger partial charge in [-0.15, -0.1) is 0 Å². The van der Waals surface area contributed by atoms with Crippen LogP contribution < -0.4 is 0 Å². The van der Waals surface area contributed by atoms with Crippen LogP contribution in [-0.4, -0.2) is 5.78 Å². The van der Waals surface area contributed by atoms with Gasteiger partial charge in [0.05, 0.1) is 0 Å². The van der Waals surface area contributed by atoms with Gasteiger partial charge >= 0.3 is 0 Å². The summed E-state index contributed by atoms with van der Waals surface area (Å²) >= 11 is 0. The molecule has 1 fully saturated rings. The molecule has 62 valence electrons. The Kier molecular flexibility index (Phi) is 2.86. The Labute approximate surface area is 68.5 Å². The highest BCUT2D eigenvalue weighted by atomic mass is 16.1. The van der Waals surface area contributed by atoms with Gasteiger partial charge < -0.3 is 0 Å². The van der Waals surface area contributed by atoms with E-state index in [0.717, 1.165) is 25.7 Å². The van der Waals surface area contributed by atoms with Crippen molar-refractivity contribution < 1.29 is 4.79 Å². The highest BCUT2D eigenvalue weighted by Crippen LogP contribution is 2.23. The van der Waals surface area contributed by atoms with Crippen LogP contribution in [0.3, 0.4) is 0 Å². The lowest BCUT2D eigenvalue weighted by Crippen LogP contribution is -2.11. The minimum absolute atomic E-state index is 0.448. The molecule has 1 nitrogen and oxygen atoms in total. The molecule has 0 aliphatic heterocycles. The summed E-state index contributed by atoms with van der Waals surface area (Å²) in [6.07, 6.45) is 6.04. The molecule has 0 spiro atoms. The zero-order valence-corrected chi connectivity index (χ0v) is 7.39. The van der Waals surface area contributed by atoms with Gasteiger partial charge in [-0.3, -0.25) is 4.79 Å². The van der Waals surface area contributed by atoms with Gasteiger partial charge in [-0.1, -0.05) is 11.6 Å². The Balaban J connectivity index is 2.39. The Bertz CT molecular complexity index is 165. The molecule has 0 aromatic rings. The zero-order valence-electron chi connectivity index (χ0n) is 7.39. The van der Waals surface area contributed by atoms with Crippen molar-refractivity contribution in [3.63, 3.8) is 0 Å². The Hall–Kier alpha value is -0.590. The number of hydrogen-bond acceptors (Lipinski definition) is 1. The standard InChI is InChI=1S/C10H16O/c1-8(2)7-9-3-5-10(11)6-4-9/h7,9H,3-6H2,1-2H3. The molecule has 1 heteroatoms. The molecule has 0 saturated heterocycles.